The minimum absolute atomic E-state index is 0.0827. The van der Waals surface area contributed by atoms with Crippen molar-refractivity contribution >= 4 is 28.8 Å². The van der Waals surface area contributed by atoms with Gasteiger partial charge in [-0.3, -0.25) is 14.5 Å². The van der Waals surface area contributed by atoms with E-state index in [2.05, 4.69) is 41.0 Å². The number of thiophene rings is 1. The maximum absolute atomic E-state index is 12.7. The summed E-state index contributed by atoms with van der Waals surface area (Å²) in [6.07, 6.45) is 0. The molecule has 0 unspecified atom stereocenters. The summed E-state index contributed by atoms with van der Waals surface area (Å²) in [4.78, 5) is 34.4. The molecule has 2 aromatic rings. The number of benzene rings is 1. The molecule has 2 aliphatic heterocycles. The first-order valence-corrected chi connectivity index (χ1v) is 11.1. The molecule has 6 nitrogen and oxygen atoms in total. The van der Waals surface area contributed by atoms with Crippen molar-refractivity contribution in [2.75, 3.05) is 63.8 Å². The topological polar surface area (TPSA) is 47.1 Å². The Bertz CT molecular complexity index is 838. The van der Waals surface area contributed by atoms with Crippen LogP contribution in [0, 0.1) is 6.92 Å². The van der Waals surface area contributed by atoms with Crippen molar-refractivity contribution in [3.8, 4) is 0 Å². The summed E-state index contributed by atoms with van der Waals surface area (Å²) in [5.74, 6) is 0.261. The van der Waals surface area contributed by atoms with Gasteiger partial charge in [0, 0.05) is 58.0 Å². The van der Waals surface area contributed by atoms with Crippen LogP contribution in [0.3, 0.4) is 0 Å². The Kier molecular flexibility index (Phi) is 6.16. The van der Waals surface area contributed by atoms with Crippen molar-refractivity contribution in [1.82, 2.24) is 14.7 Å². The lowest BCUT2D eigenvalue weighted by Gasteiger charge is -2.38. The number of carbonyl (C=O) groups is 2. The summed E-state index contributed by atoms with van der Waals surface area (Å²) in [5, 5.41) is 1.92. The molecular weight excluding hydrogens is 384 g/mol. The van der Waals surface area contributed by atoms with Crippen LogP contribution in [0.25, 0.3) is 0 Å². The van der Waals surface area contributed by atoms with Gasteiger partial charge in [0.25, 0.3) is 5.91 Å². The van der Waals surface area contributed by atoms with Crippen LogP contribution in [-0.2, 0) is 4.79 Å². The van der Waals surface area contributed by atoms with Crippen molar-refractivity contribution < 1.29 is 9.59 Å². The Morgan fingerprint density at radius 1 is 0.897 bits per heavy atom. The fraction of sp³-hybridized carbons (Fsp3) is 0.455. The third kappa shape index (κ3) is 4.79. The number of nitrogens with zero attached hydrogens (tertiary/aromatic N) is 4. The van der Waals surface area contributed by atoms with E-state index in [1.54, 1.807) is 0 Å². The van der Waals surface area contributed by atoms with Crippen molar-refractivity contribution in [3.63, 3.8) is 0 Å². The van der Waals surface area contributed by atoms with Crippen LogP contribution in [0.4, 0.5) is 5.69 Å². The van der Waals surface area contributed by atoms with Crippen molar-refractivity contribution in [3.05, 3.63) is 52.2 Å². The molecule has 0 bridgehead atoms. The van der Waals surface area contributed by atoms with Crippen LogP contribution in [0.5, 0.6) is 0 Å². The normalized spacial score (nSPS) is 18.2. The van der Waals surface area contributed by atoms with Gasteiger partial charge in [0.2, 0.25) is 5.91 Å². The summed E-state index contributed by atoms with van der Waals surface area (Å²) in [7, 11) is 0. The first-order valence-electron chi connectivity index (χ1n) is 10.2. The molecule has 29 heavy (non-hydrogen) atoms. The lowest BCUT2D eigenvalue weighted by atomic mass is 10.2. The largest absolute Gasteiger partial charge is 0.369 e. The molecule has 0 spiro atoms. The van der Waals surface area contributed by atoms with Gasteiger partial charge in [-0.2, -0.15) is 0 Å². The van der Waals surface area contributed by atoms with Crippen molar-refractivity contribution in [1.29, 1.82) is 0 Å². The zero-order valence-corrected chi connectivity index (χ0v) is 17.7. The molecule has 2 amide bonds. The Labute approximate surface area is 176 Å². The summed E-state index contributed by atoms with van der Waals surface area (Å²) in [5.41, 5.74) is 2.54. The van der Waals surface area contributed by atoms with E-state index < -0.39 is 0 Å². The van der Waals surface area contributed by atoms with E-state index in [0.29, 0.717) is 32.7 Å². The first kappa shape index (κ1) is 19.9. The van der Waals surface area contributed by atoms with E-state index in [0.717, 1.165) is 31.1 Å². The predicted octanol–water partition coefficient (Wildman–Crippen LogP) is 2.16. The highest BCUT2D eigenvalue weighted by atomic mass is 32.1. The highest BCUT2D eigenvalue weighted by molar-refractivity contribution is 7.12. The molecule has 3 heterocycles. The smallest absolute Gasteiger partial charge is 0.264 e. The van der Waals surface area contributed by atoms with Crippen LogP contribution in [0.2, 0.25) is 0 Å². The van der Waals surface area contributed by atoms with Crippen LogP contribution >= 0.6 is 11.3 Å². The fourth-order valence-corrected chi connectivity index (χ4v) is 4.69. The van der Waals surface area contributed by atoms with Crippen molar-refractivity contribution in [2.45, 2.75) is 6.92 Å². The quantitative estimate of drug-likeness (QED) is 0.772. The molecule has 0 atom stereocenters. The molecule has 154 valence electrons. The van der Waals surface area contributed by atoms with Gasteiger partial charge >= 0.3 is 0 Å². The molecule has 2 saturated heterocycles. The molecule has 0 aliphatic carbocycles. The second-order valence-electron chi connectivity index (χ2n) is 7.75. The van der Waals surface area contributed by atoms with Gasteiger partial charge in [0.15, 0.2) is 0 Å². The molecule has 1 aromatic carbocycles. The van der Waals surface area contributed by atoms with Gasteiger partial charge in [0.05, 0.1) is 11.4 Å². The number of piperazine rings is 2. The number of carbonyl (C=O) groups excluding carboxylic acids is 2. The maximum Gasteiger partial charge on any atom is 0.264 e. The molecule has 1 aromatic heterocycles. The summed E-state index contributed by atoms with van der Waals surface area (Å²) < 4.78 is 0. The minimum Gasteiger partial charge on any atom is -0.369 e. The van der Waals surface area contributed by atoms with Crippen LogP contribution in [-0.4, -0.2) is 85.4 Å². The van der Waals surface area contributed by atoms with E-state index in [9.17, 15) is 9.59 Å². The Morgan fingerprint density at radius 2 is 1.62 bits per heavy atom. The van der Waals surface area contributed by atoms with Crippen LogP contribution in [0.1, 0.15) is 15.2 Å². The van der Waals surface area contributed by atoms with E-state index in [1.165, 1.54) is 22.6 Å². The average Bonchev–Trinajstić information content (AvgIpc) is 3.29. The number of rotatable bonds is 4. The van der Waals surface area contributed by atoms with Gasteiger partial charge in [-0.25, -0.2) is 0 Å². The lowest BCUT2D eigenvalue weighted by Crippen LogP contribution is -2.54. The SMILES string of the molecule is Cc1cccc(N2CCN(CC(=O)N3CCN(C(=O)c4cccs4)CC3)CC2)c1. The Morgan fingerprint density at radius 3 is 2.28 bits per heavy atom. The summed E-state index contributed by atoms with van der Waals surface area (Å²) in [6.45, 7) is 8.75. The highest BCUT2D eigenvalue weighted by Crippen LogP contribution is 2.18. The van der Waals surface area contributed by atoms with Gasteiger partial charge < -0.3 is 14.7 Å². The molecule has 7 heteroatoms. The number of aryl methyl sites for hydroxylation is 1. The number of anilines is 1. The molecule has 2 fully saturated rings. The zero-order valence-electron chi connectivity index (χ0n) is 16.9. The van der Waals surface area contributed by atoms with Crippen molar-refractivity contribution in [2.24, 2.45) is 0 Å². The molecule has 2 aliphatic rings. The van der Waals surface area contributed by atoms with Gasteiger partial charge in [0.1, 0.15) is 0 Å². The van der Waals surface area contributed by atoms with E-state index in [-0.39, 0.29) is 11.8 Å². The van der Waals surface area contributed by atoms with Crippen LogP contribution in [0.15, 0.2) is 41.8 Å². The number of hydrogen-bond donors (Lipinski definition) is 0. The monoisotopic (exact) mass is 412 g/mol. The summed E-state index contributed by atoms with van der Waals surface area (Å²) >= 11 is 1.47. The Balaban J connectivity index is 1.22. The van der Waals surface area contributed by atoms with Gasteiger partial charge in [-0.15, -0.1) is 11.3 Å². The lowest BCUT2D eigenvalue weighted by molar-refractivity contribution is -0.134. The maximum atomic E-state index is 12.7. The molecular formula is C22H28N4O2S. The van der Waals surface area contributed by atoms with Crippen LogP contribution < -0.4 is 4.90 Å². The zero-order chi connectivity index (χ0) is 20.2. The highest BCUT2D eigenvalue weighted by Gasteiger charge is 2.27. The molecule has 0 saturated carbocycles. The number of amides is 2. The van der Waals surface area contributed by atoms with E-state index in [1.807, 2.05) is 27.3 Å². The fourth-order valence-electron chi connectivity index (χ4n) is 4.00. The van der Waals surface area contributed by atoms with E-state index in [4.69, 9.17) is 0 Å². The third-order valence-electron chi connectivity index (χ3n) is 5.75. The second-order valence-corrected chi connectivity index (χ2v) is 8.70. The molecule has 4 rings (SSSR count). The number of hydrogen-bond acceptors (Lipinski definition) is 5. The van der Waals surface area contributed by atoms with Gasteiger partial charge in [-0.05, 0) is 36.1 Å². The predicted molar refractivity (Wildman–Crippen MR) is 117 cm³/mol. The average molecular weight is 413 g/mol. The molecule has 0 N–H and O–H groups in total. The third-order valence-corrected chi connectivity index (χ3v) is 6.61. The summed E-state index contributed by atoms with van der Waals surface area (Å²) in [6, 6.07) is 12.4. The second kappa shape index (κ2) is 8.97. The molecule has 0 radical (unpaired) electrons. The minimum atomic E-state index is 0.0827. The standard InChI is InChI=1S/C22H28N4O2S/c1-18-4-2-5-19(16-18)24-9-7-23(8-10-24)17-21(27)25-11-13-26(14-12-25)22(28)20-6-3-15-29-20/h2-6,15-16H,7-14,17H2,1H3. The first-order chi connectivity index (χ1) is 14.1. The Hall–Kier alpha value is -2.38. The van der Waals surface area contributed by atoms with E-state index >= 15 is 0 Å². The van der Waals surface area contributed by atoms with Gasteiger partial charge in [-0.1, -0.05) is 18.2 Å².